The molecule has 4 heterocycles. The van der Waals surface area contributed by atoms with Crippen LogP contribution in [0.15, 0.2) is 48.5 Å². The number of benzene rings is 2. The van der Waals surface area contributed by atoms with Crippen molar-refractivity contribution in [1.29, 1.82) is 0 Å². The Balaban J connectivity index is 1.53. The molecule has 0 saturated carbocycles. The minimum atomic E-state index is -1.85. The predicted molar refractivity (Wildman–Crippen MR) is 95.0 cm³/mol. The fourth-order valence-electron chi connectivity index (χ4n) is 4.46. The van der Waals surface area contributed by atoms with Crippen LogP contribution in [-0.4, -0.2) is 41.7 Å². The van der Waals surface area contributed by atoms with Crippen molar-refractivity contribution in [3.05, 3.63) is 59.7 Å². The van der Waals surface area contributed by atoms with E-state index in [1.165, 1.54) is 0 Å². The van der Waals surface area contributed by atoms with Gasteiger partial charge in [-0.1, -0.05) is 36.4 Å². The Morgan fingerprint density at radius 1 is 1.04 bits per heavy atom. The van der Waals surface area contributed by atoms with Crippen LogP contribution in [-0.2, 0) is 15.1 Å². The lowest BCUT2D eigenvalue weighted by Crippen LogP contribution is -2.54. The minimum absolute atomic E-state index is 0.156. The maximum atomic E-state index is 13.2. The Morgan fingerprint density at radius 3 is 2.15 bits per heavy atom. The lowest BCUT2D eigenvalue weighted by atomic mass is 9.82. The first-order valence-electron chi connectivity index (χ1n) is 9.19. The lowest BCUT2D eigenvalue weighted by Gasteiger charge is -2.45. The van der Waals surface area contributed by atoms with Gasteiger partial charge in [0.15, 0.2) is 0 Å². The van der Waals surface area contributed by atoms with Crippen LogP contribution in [0.4, 0.5) is 0 Å². The van der Waals surface area contributed by atoms with Crippen LogP contribution in [0, 0.1) is 5.92 Å². The zero-order valence-electron chi connectivity index (χ0n) is 14.4. The summed E-state index contributed by atoms with van der Waals surface area (Å²) in [5.41, 5.74) is -0.979. The number of hydrogen-bond donors (Lipinski definition) is 1. The van der Waals surface area contributed by atoms with Crippen LogP contribution in [0.3, 0.4) is 0 Å². The topological polar surface area (TPSA) is 59.0 Å². The van der Waals surface area contributed by atoms with E-state index in [2.05, 4.69) is 4.90 Å². The molecule has 2 aromatic rings. The monoisotopic (exact) mass is 351 g/mol. The van der Waals surface area contributed by atoms with Crippen molar-refractivity contribution < 1.29 is 19.4 Å². The smallest absolute Gasteiger partial charge is 0.348 e. The van der Waals surface area contributed by atoms with E-state index < -0.39 is 11.6 Å². The van der Waals surface area contributed by atoms with E-state index in [4.69, 9.17) is 9.47 Å². The molecular weight excluding hydrogens is 330 g/mol. The third-order valence-corrected chi connectivity index (χ3v) is 5.92. The Kier molecular flexibility index (Phi) is 3.55. The Labute approximate surface area is 152 Å². The fraction of sp³-hybridized carbons (Fsp3) is 0.381. The highest BCUT2D eigenvalue weighted by molar-refractivity contribution is 5.88. The number of hydrogen-bond acceptors (Lipinski definition) is 5. The van der Waals surface area contributed by atoms with Gasteiger partial charge < -0.3 is 14.6 Å². The predicted octanol–water partition coefficient (Wildman–Crippen LogP) is 2.67. The summed E-state index contributed by atoms with van der Waals surface area (Å²) in [5.74, 6) is 0.747. The SMILES string of the molecule is O=C(O[C@H]1CN2CCC1CC2)C1(O)c2ccccc2Oc2ccccc21. The van der Waals surface area contributed by atoms with E-state index in [9.17, 15) is 9.90 Å². The quantitative estimate of drug-likeness (QED) is 0.843. The molecule has 5 heteroatoms. The molecule has 1 atom stereocenters. The maximum Gasteiger partial charge on any atom is 0.348 e. The Hall–Kier alpha value is -2.37. The highest BCUT2D eigenvalue weighted by Crippen LogP contribution is 2.47. The molecule has 0 unspecified atom stereocenters. The van der Waals surface area contributed by atoms with Gasteiger partial charge >= 0.3 is 5.97 Å². The fourth-order valence-corrected chi connectivity index (χ4v) is 4.46. The molecule has 134 valence electrons. The van der Waals surface area contributed by atoms with Gasteiger partial charge in [-0.2, -0.15) is 0 Å². The second-order valence-corrected chi connectivity index (χ2v) is 7.39. The summed E-state index contributed by atoms with van der Waals surface area (Å²) >= 11 is 0. The molecule has 0 aromatic heterocycles. The zero-order valence-corrected chi connectivity index (χ0v) is 14.4. The maximum absolute atomic E-state index is 13.2. The van der Waals surface area contributed by atoms with E-state index >= 15 is 0 Å². The number of fused-ring (bicyclic) bond motifs is 5. The highest BCUT2D eigenvalue weighted by atomic mass is 16.6. The van der Waals surface area contributed by atoms with Crippen molar-refractivity contribution in [2.24, 2.45) is 5.92 Å². The van der Waals surface area contributed by atoms with Crippen molar-refractivity contribution in [3.63, 3.8) is 0 Å². The number of nitrogens with zero attached hydrogens (tertiary/aromatic N) is 1. The molecule has 0 spiro atoms. The normalized spacial score (nSPS) is 27.8. The van der Waals surface area contributed by atoms with Crippen molar-refractivity contribution >= 4 is 5.97 Å². The number of carbonyl (C=O) groups excluding carboxylic acids is 1. The second kappa shape index (κ2) is 5.83. The lowest BCUT2D eigenvalue weighted by molar-refractivity contribution is -0.177. The van der Waals surface area contributed by atoms with Crippen molar-refractivity contribution in [2.45, 2.75) is 24.5 Å². The summed E-state index contributed by atoms with van der Waals surface area (Å²) in [6.07, 6.45) is 1.94. The number of carbonyl (C=O) groups is 1. The largest absolute Gasteiger partial charge is 0.458 e. The molecule has 2 bridgehead atoms. The van der Waals surface area contributed by atoms with Gasteiger partial charge in [-0.25, -0.2) is 4.79 Å². The summed E-state index contributed by atoms with van der Waals surface area (Å²) < 4.78 is 11.8. The first kappa shape index (κ1) is 15.9. The van der Waals surface area contributed by atoms with E-state index in [0.29, 0.717) is 28.5 Å². The van der Waals surface area contributed by atoms with Gasteiger partial charge in [0.1, 0.15) is 17.6 Å². The molecule has 3 saturated heterocycles. The number of piperidine rings is 3. The molecule has 26 heavy (non-hydrogen) atoms. The number of para-hydroxylation sites is 2. The van der Waals surface area contributed by atoms with Crippen LogP contribution in [0.1, 0.15) is 24.0 Å². The molecule has 5 nitrogen and oxygen atoms in total. The molecule has 4 aliphatic heterocycles. The van der Waals surface area contributed by atoms with Gasteiger partial charge in [-0.15, -0.1) is 0 Å². The average molecular weight is 351 g/mol. The molecule has 6 rings (SSSR count). The number of rotatable bonds is 2. The van der Waals surface area contributed by atoms with Crippen LogP contribution in [0.2, 0.25) is 0 Å². The summed E-state index contributed by atoms with van der Waals surface area (Å²) in [6, 6.07) is 14.2. The van der Waals surface area contributed by atoms with Gasteiger partial charge in [-0.05, 0) is 44.0 Å². The molecule has 0 amide bonds. The van der Waals surface area contributed by atoms with Crippen molar-refractivity contribution in [2.75, 3.05) is 19.6 Å². The van der Waals surface area contributed by atoms with E-state index in [0.717, 1.165) is 32.5 Å². The number of aliphatic hydroxyl groups is 1. The summed E-state index contributed by atoms with van der Waals surface area (Å²) in [5, 5.41) is 11.6. The first-order valence-corrected chi connectivity index (χ1v) is 9.19. The van der Waals surface area contributed by atoms with Gasteiger partial charge in [0.2, 0.25) is 5.60 Å². The van der Waals surface area contributed by atoms with Gasteiger partial charge in [0.25, 0.3) is 0 Å². The standard InChI is InChI=1S/C21H21NO4/c23-20(26-19-13-22-11-9-14(19)10-12-22)21(24)15-5-1-3-7-17(15)25-18-8-4-2-6-16(18)21/h1-8,14,19,24H,9-13H2/t19-/m0/s1. The Bertz CT molecular complexity index is 811. The third-order valence-electron chi connectivity index (χ3n) is 5.92. The zero-order chi connectivity index (χ0) is 17.7. The van der Waals surface area contributed by atoms with E-state index in [1.54, 1.807) is 36.4 Å². The van der Waals surface area contributed by atoms with E-state index in [1.807, 2.05) is 12.1 Å². The number of ether oxygens (including phenoxy) is 2. The van der Waals surface area contributed by atoms with Gasteiger partial charge in [0, 0.05) is 17.7 Å². The molecular formula is C21H21NO4. The van der Waals surface area contributed by atoms with Crippen molar-refractivity contribution in [3.8, 4) is 11.5 Å². The summed E-state index contributed by atoms with van der Waals surface area (Å²) in [7, 11) is 0. The third kappa shape index (κ3) is 2.27. The molecule has 0 aliphatic carbocycles. The molecule has 2 aromatic carbocycles. The average Bonchev–Trinajstić information content (AvgIpc) is 2.69. The Morgan fingerprint density at radius 2 is 1.62 bits per heavy atom. The molecule has 1 N–H and O–H groups in total. The molecule has 4 aliphatic rings. The highest BCUT2D eigenvalue weighted by Gasteiger charge is 2.50. The number of esters is 1. The molecule has 3 fully saturated rings. The van der Waals surface area contributed by atoms with Gasteiger partial charge in [-0.3, -0.25) is 4.90 Å². The van der Waals surface area contributed by atoms with Crippen LogP contribution in [0.25, 0.3) is 0 Å². The first-order chi connectivity index (χ1) is 12.7. The van der Waals surface area contributed by atoms with Crippen molar-refractivity contribution in [1.82, 2.24) is 4.90 Å². The van der Waals surface area contributed by atoms with Gasteiger partial charge in [0.05, 0.1) is 0 Å². The minimum Gasteiger partial charge on any atom is -0.458 e. The summed E-state index contributed by atoms with van der Waals surface area (Å²) in [6.45, 7) is 2.90. The van der Waals surface area contributed by atoms with Crippen LogP contribution >= 0.6 is 0 Å². The summed E-state index contributed by atoms with van der Waals surface area (Å²) in [4.78, 5) is 15.6. The second-order valence-electron chi connectivity index (χ2n) is 7.39. The molecule has 0 radical (unpaired) electrons. The van der Waals surface area contributed by atoms with Crippen LogP contribution in [0.5, 0.6) is 11.5 Å². The van der Waals surface area contributed by atoms with Crippen LogP contribution < -0.4 is 4.74 Å². The van der Waals surface area contributed by atoms with E-state index in [-0.39, 0.29) is 6.10 Å².